The molecule has 2 rings (SSSR count). The summed E-state index contributed by atoms with van der Waals surface area (Å²) >= 11 is 0. The van der Waals surface area contributed by atoms with Crippen molar-refractivity contribution in [3.8, 4) is 6.07 Å². The third-order valence-corrected chi connectivity index (χ3v) is 6.05. The molecule has 1 heterocycles. The highest BCUT2D eigenvalue weighted by molar-refractivity contribution is 7.89. The summed E-state index contributed by atoms with van der Waals surface area (Å²) in [6.45, 7) is 0.515. The third-order valence-electron chi connectivity index (χ3n) is 4.05. The summed E-state index contributed by atoms with van der Waals surface area (Å²) in [5.41, 5.74) is 0.816. The molecule has 120 valence electrons. The average molecular weight is 322 g/mol. The Morgan fingerprint density at radius 1 is 1.36 bits per heavy atom. The minimum Gasteiger partial charge on any atom is -0.388 e. The predicted octanol–water partition coefficient (Wildman–Crippen LogP) is 2.21. The van der Waals surface area contributed by atoms with Crippen molar-refractivity contribution in [1.82, 2.24) is 4.31 Å². The zero-order valence-electron chi connectivity index (χ0n) is 12.6. The van der Waals surface area contributed by atoms with E-state index >= 15 is 0 Å². The monoisotopic (exact) mass is 322 g/mol. The number of aliphatic hydroxyl groups excluding tert-OH is 1. The Morgan fingerprint density at radius 3 is 2.77 bits per heavy atom. The van der Waals surface area contributed by atoms with Gasteiger partial charge >= 0.3 is 0 Å². The van der Waals surface area contributed by atoms with Gasteiger partial charge in [0.25, 0.3) is 0 Å². The van der Waals surface area contributed by atoms with Crippen LogP contribution in [0.25, 0.3) is 0 Å². The first-order valence-corrected chi connectivity index (χ1v) is 9.25. The molecular weight excluding hydrogens is 300 g/mol. The molecule has 1 fully saturated rings. The first kappa shape index (κ1) is 16.9. The molecule has 0 spiro atoms. The quantitative estimate of drug-likeness (QED) is 0.780. The van der Waals surface area contributed by atoms with Crippen molar-refractivity contribution in [2.75, 3.05) is 12.3 Å². The first-order chi connectivity index (χ1) is 10.5. The Balaban J connectivity index is 2.00. The lowest BCUT2D eigenvalue weighted by Gasteiger charge is -2.26. The number of nitriles is 1. The second-order valence-electron chi connectivity index (χ2n) is 5.65. The molecule has 2 atom stereocenters. The van der Waals surface area contributed by atoms with Crippen molar-refractivity contribution in [3.63, 3.8) is 0 Å². The summed E-state index contributed by atoms with van der Waals surface area (Å²) in [4.78, 5) is 0. The smallest absolute Gasteiger partial charge is 0.214 e. The highest BCUT2D eigenvalue weighted by atomic mass is 32.2. The van der Waals surface area contributed by atoms with E-state index in [4.69, 9.17) is 5.26 Å². The fraction of sp³-hybridized carbons (Fsp3) is 0.562. The minimum absolute atomic E-state index is 0.0124. The van der Waals surface area contributed by atoms with Gasteiger partial charge in [0.05, 0.1) is 17.9 Å². The zero-order chi connectivity index (χ0) is 16.0. The van der Waals surface area contributed by atoms with Crippen molar-refractivity contribution >= 4 is 10.0 Å². The normalized spacial score (nSPS) is 20.6. The molecule has 1 saturated heterocycles. The van der Waals surface area contributed by atoms with Crippen molar-refractivity contribution in [2.45, 2.75) is 44.2 Å². The number of aliphatic hydroxyl groups is 1. The van der Waals surface area contributed by atoms with Gasteiger partial charge in [-0.25, -0.2) is 8.42 Å². The Kier molecular flexibility index (Phi) is 5.95. The first-order valence-electron chi connectivity index (χ1n) is 7.64. The van der Waals surface area contributed by atoms with Crippen LogP contribution in [0.2, 0.25) is 0 Å². The van der Waals surface area contributed by atoms with Crippen LogP contribution in [0.4, 0.5) is 0 Å². The van der Waals surface area contributed by atoms with Crippen LogP contribution < -0.4 is 0 Å². The molecule has 0 bridgehead atoms. The van der Waals surface area contributed by atoms with Gasteiger partial charge in [-0.15, -0.1) is 0 Å². The van der Waals surface area contributed by atoms with Gasteiger partial charge < -0.3 is 5.11 Å². The molecule has 1 aliphatic heterocycles. The second-order valence-corrected chi connectivity index (χ2v) is 7.69. The number of sulfonamides is 1. The van der Waals surface area contributed by atoms with Crippen LogP contribution in [-0.2, 0) is 10.0 Å². The molecule has 1 N–H and O–H groups in total. The molecule has 0 aliphatic carbocycles. The molecule has 0 saturated carbocycles. The standard InChI is InChI=1S/C16H22N2O3S/c17-10-4-5-12-22(20,21)18-11-6-9-15(18)13-16(19)14-7-2-1-3-8-14/h1-3,7-8,15-16,19H,4-6,9,11-13H2. The van der Waals surface area contributed by atoms with Gasteiger partial charge in [0, 0.05) is 19.0 Å². The molecule has 1 aromatic rings. The maximum Gasteiger partial charge on any atom is 0.214 e. The molecule has 5 nitrogen and oxygen atoms in total. The van der Waals surface area contributed by atoms with Crippen LogP contribution in [0.3, 0.4) is 0 Å². The molecule has 1 aromatic carbocycles. The lowest BCUT2D eigenvalue weighted by Crippen LogP contribution is -2.38. The van der Waals surface area contributed by atoms with E-state index in [1.54, 1.807) is 0 Å². The molecule has 1 aliphatic rings. The van der Waals surface area contributed by atoms with Gasteiger partial charge in [-0.2, -0.15) is 9.57 Å². The van der Waals surface area contributed by atoms with Gasteiger partial charge in [-0.05, 0) is 31.2 Å². The Labute approximate surface area is 132 Å². The topological polar surface area (TPSA) is 81.4 Å². The third kappa shape index (κ3) is 4.29. The summed E-state index contributed by atoms with van der Waals surface area (Å²) in [7, 11) is -3.34. The summed E-state index contributed by atoms with van der Waals surface area (Å²) < 4.78 is 26.3. The van der Waals surface area contributed by atoms with Gasteiger partial charge in [0.2, 0.25) is 10.0 Å². The van der Waals surface area contributed by atoms with E-state index in [0.717, 1.165) is 18.4 Å². The maximum absolute atomic E-state index is 12.4. The number of hydrogen-bond acceptors (Lipinski definition) is 4. The predicted molar refractivity (Wildman–Crippen MR) is 84.4 cm³/mol. The molecule has 0 aromatic heterocycles. The van der Waals surface area contributed by atoms with E-state index in [-0.39, 0.29) is 18.2 Å². The van der Waals surface area contributed by atoms with Gasteiger partial charge in [-0.3, -0.25) is 0 Å². The van der Waals surface area contributed by atoms with Gasteiger partial charge in [0.1, 0.15) is 0 Å². The summed E-state index contributed by atoms with van der Waals surface area (Å²) in [6, 6.07) is 11.1. The van der Waals surface area contributed by atoms with Crippen LogP contribution in [0.5, 0.6) is 0 Å². The van der Waals surface area contributed by atoms with Crippen LogP contribution in [-0.4, -0.2) is 36.2 Å². The summed E-state index contributed by atoms with van der Waals surface area (Å²) in [6.07, 6.45) is 1.99. The Morgan fingerprint density at radius 2 is 2.09 bits per heavy atom. The molecule has 0 amide bonds. The Bertz CT molecular complexity index is 610. The van der Waals surface area contributed by atoms with Crippen LogP contribution >= 0.6 is 0 Å². The highest BCUT2D eigenvalue weighted by Gasteiger charge is 2.34. The molecular formula is C16H22N2O3S. The summed E-state index contributed by atoms with van der Waals surface area (Å²) in [5.74, 6) is 0.0124. The minimum atomic E-state index is -3.34. The van der Waals surface area contributed by atoms with Crippen molar-refractivity contribution in [2.24, 2.45) is 0 Å². The van der Waals surface area contributed by atoms with Gasteiger partial charge in [0.15, 0.2) is 0 Å². The largest absolute Gasteiger partial charge is 0.388 e. The number of unbranched alkanes of at least 4 members (excludes halogenated alkanes) is 1. The molecule has 22 heavy (non-hydrogen) atoms. The van der Waals surface area contributed by atoms with Crippen LogP contribution in [0.15, 0.2) is 30.3 Å². The highest BCUT2D eigenvalue weighted by Crippen LogP contribution is 2.29. The fourth-order valence-corrected chi connectivity index (χ4v) is 4.73. The molecule has 0 radical (unpaired) electrons. The summed E-state index contributed by atoms with van der Waals surface area (Å²) in [5, 5.41) is 18.8. The van der Waals surface area contributed by atoms with Crippen molar-refractivity contribution < 1.29 is 13.5 Å². The van der Waals surface area contributed by atoms with Crippen LogP contribution in [0, 0.1) is 11.3 Å². The van der Waals surface area contributed by atoms with E-state index in [1.165, 1.54) is 4.31 Å². The fourth-order valence-electron chi connectivity index (χ4n) is 2.93. The van der Waals surface area contributed by atoms with Gasteiger partial charge in [-0.1, -0.05) is 30.3 Å². The molecule has 2 unspecified atom stereocenters. The molecule has 6 heteroatoms. The Hall–Kier alpha value is -1.42. The van der Waals surface area contributed by atoms with Crippen LogP contribution in [0.1, 0.15) is 43.8 Å². The zero-order valence-corrected chi connectivity index (χ0v) is 13.4. The van der Waals surface area contributed by atoms with Crippen molar-refractivity contribution in [1.29, 1.82) is 5.26 Å². The number of rotatable bonds is 7. The van der Waals surface area contributed by atoms with E-state index in [1.807, 2.05) is 36.4 Å². The number of hydrogen-bond donors (Lipinski definition) is 1. The van der Waals surface area contributed by atoms with E-state index < -0.39 is 16.1 Å². The SMILES string of the molecule is N#CCCCS(=O)(=O)N1CCCC1CC(O)c1ccccc1. The lowest BCUT2D eigenvalue weighted by molar-refractivity contribution is 0.142. The lowest BCUT2D eigenvalue weighted by atomic mass is 10.0. The second kappa shape index (κ2) is 7.73. The number of nitrogens with zero attached hydrogens (tertiary/aromatic N) is 2. The maximum atomic E-state index is 12.4. The van der Waals surface area contributed by atoms with E-state index in [9.17, 15) is 13.5 Å². The number of benzene rings is 1. The van der Waals surface area contributed by atoms with Crippen molar-refractivity contribution in [3.05, 3.63) is 35.9 Å². The van der Waals surface area contributed by atoms with E-state index in [0.29, 0.717) is 19.4 Å². The average Bonchev–Trinajstić information content (AvgIpc) is 2.97. The van der Waals surface area contributed by atoms with E-state index in [2.05, 4.69) is 0 Å².